The van der Waals surface area contributed by atoms with E-state index >= 15 is 0 Å². The lowest BCUT2D eigenvalue weighted by Crippen LogP contribution is -2.46. The third kappa shape index (κ3) is 4.46. The van der Waals surface area contributed by atoms with Crippen molar-refractivity contribution < 1.29 is 9.59 Å². The molecule has 2 aliphatic heterocycles. The van der Waals surface area contributed by atoms with Crippen LogP contribution in [0.15, 0.2) is 42.5 Å². The van der Waals surface area contributed by atoms with E-state index in [1.165, 1.54) is 0 Å². The Morgan fingerprint density at radius 3 is 2.68 bits per heavy atom. The molecular formula is C21H27ClN4O2. The predicted octanol–water partition coefficient (Wildman–Crippen LogP) is 1.64. The van der Waals surface area contributed by atoms with E-state index in [2.05, 4.69) is 15.5 Å². The molecule has 0 spiro atoms. The fourth-order valence-electron chi connectivity index (χ4n) is 3.98. The van der Waals surface area contributed by atoms with E-state index in [-0.39, 0.29) is 36.6 Å². The lowest BCUT2D eigenvalue weighted by atomic mass is 10.1. The zero-order chi connectivity index (χ0) is 18.6. The number of carbonyl (C=O) groups is 2. The maximum atomic E-state index is 12.6. The first-order chi connectivity index (χ1) is 13.2. The Bertz CT molecular complexity index is 833. The van der Waals surface area contributed by atoms with E-state index in [0.29, 0.717) is 13.1 Å². The second-order valence-corrected chi connectivity index (χ2v) is 7.29. The second-order valence-electron chi connectivity index (χ2n) is 7.29. The van der Waals surface area contributed by atoms with Gasteiger partial charge in [-0.05, 0) is 11.5 Å². The summed E-state index contributed by atoms with van der Waals surface area (Å²) < 4.78 is 0. The standard InChI is InChI=1S/C21H26N4O2.ClH/c26-20-14-17(21(27)23-10-13-24-11-8-22-9-12-24)15-25(20)19-7-3-5-16-4-1-2-6-18(16)19;/h1-7,17,22H,8-15H2,(H,23,27);1H. The number of halogens is 1. The highest BCUT2D eigenvalue weighted by Crippen LogP contribution is 2.31. The Morgan fingerprint density at radius 2 is 1.86 bits per heavy atom. The van der Waals surface area contributed by atoms with Gasteiger partial charge in [-0.15, -0.1) is 12.4 Å². The first kappa shape index (κ1) is 20.6. The van der Waals surface area contributed by atoms with Gasteiger partial charge < -0.3 is 15.5 Å². The van der Waals surface area contributed by atoms with E-state index in [0.717, 1.165) is 49.2 Å². The highest BCUT2D eigenvalue weighted by molar-refractivity contribution is 6.06. The predicted molar refractivity (Wildman–Crippen MR) is 114 cm³/mol. The van der Waals surface area contributed by atoms with Crippen molar-refractivity contribution in [2.75, 3.05) is 50.7 Å². The number of nitrogens with one attached hydrogen (secondary N) is 2. The third-order valence-electron chi connectivity index (χ3n) is 5.49. The minimum absolute atomic E-state index is 0. The zero-order valence-corrected chi connectivity index (χ0v) is 16.7. The molecule has 0 radical (unpaired) electrons. The summed E-state index contributed by atoms with van der Waals surface area (Å²) in [6.45, 7) is 6.00. The van der Waals surface area contributed by atoms with Crippen LogP contribution in [0, 0.1) is 5.92 Å². The van der Waals surface area contributed by atoms with E-state index in [1.54, 1.807) is 4.90 Å². The maximum Gasteiger partial charge on any atom is 0.227 e. The monoisotopic (exact) mass is 402 g/mol. The number of carbonyl (C=O) groups excluding carboxylic acids is 2. The molecule has 2 amide bonds. The van der Waals surface area contributed by atoms with Gasteiger partial charge in [0, 0.05) is 57.6 Å². The van der Waals surface area contributed by atoms with Crippen LogP contribution in [0.4, 0.5) is 5.69 Å². The van der Waals surface area contributed by atoms with Crippen LogP contribution in [0.5, 0.6) is 0 Å². The molecule has 7 heteroatoms. The molecule has 1 atom stereocenters. The van der Waals surface area contributed by atoms with E-state index in [4.69, 9.17) is 0 Å². The summed E-state index contributed by atoms with van der Waals surface area (Å²) in [4.78, 5) is 29.3. The third-order valence-corrected chi connectivity index (χ3v) is 5.49. The summed E-state index contributed by atoms with van der Waals surface area (Å²) in [6.07, 6.45) is 0.280. The summed E-state index contributed by atoms with van der Waals surface area (Å²) >= 11 is 0. The Morgan fingerprint density at radius 1 is 1.11 bits per heavy atom. The van der Waals surface area contributed by atoms with Gasteiger partial charge in [-0.25, -0.2) is 0 Å². The quantitative estimate of drug-likeness (QED) is 0.798. The van der Waals surface area contributed by atoms with Gasteiger partial charge in [0.2, 0.25) is 11.8 Å². The van der Waals surface area contributed by atoms with Gasteiger partial charge in [0.05, 0.1) is 11.6 Å². The van der Waals surface area contributed by atoms with Crippen LogP contribution in [0.25, 0.3) is 10.8 Å². The van der Waals surface area contributed by atoms with Crippen molar-refractivity contribution in [2.45, 2.75) is 6.42 Å². The van der Waals surface area contributed by atoms with Gasteiger partial charge in [0.1, 0.15) is 0 Å². The number of amides is 2. The number of nitrogens with zero attached hydrogens (tertiary/aromatic N) is 2. The first-order valence-corrected chi connectivity index (χ1v) is 9.71. The maximum absolute atomic E-state index is 12.6. The van der Waals surface area contributed by atoms with E-state index in [9.17, 15) is 9.59 Å². The second kappa shape index (κ2) is 9.37. The molecule has 0 saturated carbocycles. The molecule has 1 unspecified atom stereocenters. The summed E-state index contributed by atoms with van der Waals surface area (Å²) in [6, 6.07) is 14.0. The minimum Gasteiger partial charge on any atom is -0.355 e. The number of hydrogen-bond donors (Lipinski definition) is 2. The number of piperazine rings is 1. The molecule has 2 fully saturated rings. The van der Waals surface area contributed by atoms with Gasteiger partial charge in [-0.2, -0.15) is 0 Å². The van der Waals surface area contributed by atoms with Crippen LogP contribution in [0.3, 0.4) is 0 Å². The van der Waals surface area contributed by atoms with Crippen LogP contribution in [-0.2, 0) is 9.59 Å². The molecule has 2 heterocycles. The average Bonchev–Trinajstić information content (AvgIpc) is 3.10. The van der Waals surface area contributed by atoms with Crippen molar-refractivity contribution in [3.05, 3.63) is 42.5 Å². The van der Waals surface area contributed by atoms with Gasteiger partial charge in [0.15, 0.2) is 0 Å². The molecule has 4 rings (SSSR count). The number of benzene rings is 2. The molecular weight excluding hydrogens is 376 g/mol. The minimum atomic E-state index is -0.278. The largest absolute Gasteiger partial charge is 0.355 e. The highest BCUT2D eigenvalue weighted by atomic mass is 35.5. The van der Waals surface area contributed by atoms with Crippen LogP contribution < -0.4 is 15.5 Å². The van der Waals surface area contributed by atoms with Gasteiger partial charge in [-0.3, -0.25) is 14.5 Å². The van der Waals surface area contributed by atoms with Crippen molar-refractivity contribution in [3.63, 3.8) is 0 Å². The van der Waals surface area contributed by atoms with Crippen molar-refractivity contribution in [3.8, 4) is 0 Å². The van der Waals surface area contributed by atoms with E-state index < -0.39 is 0 Å². The average molecular weight is 403 g/mol. The van der Waals surface area contributed by atoms with Crippen LogP contribution >= 0.6 is 12.4 Å². The highest BCUT2D eigenvalue weighted by Gasteiger charge is 2.35. The zero-order valence-electron chi connectivity index (χ0n) is 15.9. The summed E-state index contributed by atoms with van der Waals surface area (Å²) in [7, 11) is 0. The van der Waals surface area contributed by atoms with Crippen molar-refractivity contribution in [1.82, 2.24) is 15.5 Å². The Kier molecular flexibility index (Phi) is 6.88. The van der Waals surface area contributed by atoms with Gasteiger partial charge in [0.25, 0.3) is 0 Å². The SMILES string of the molecule is Cl.O=C(NCCN1CCNCC1)C1CC(=O)N(c2cccc3ccccc23)C1. The first-order valence-electron chi connectivity index (χ1n) is 9.71. The lowest BCUT2D eigenvalue weighted by Gasteiger charge is -2.27. The molecule has 150 valence electrons. The molecule has 0 aliphatic carbocycles. The molecule has 0 bridgehead atoms. The molecule has 2 saturated heterocycles. The summed E-state index contributed by atoms with van der Waals surface area (Å²) in [5.74, 6) is -0.269. The smallest absolute Gasteiger partial charge is 0.227 e. The van der Waals surface area contributed by atoms with Crippen LogP contribution in [-0.4, -0.2) is 62.5 Å². The fraction of sp³-hybridized carbons (Fsp3) is 0.429. The number of fused-ring (bicyclic) bond motifs is 1. The molecule has 2 N–H and O–H groups in total. The molecule has 2 aromatic rings. The lowest BCUT2D eigenvalue weighted by molar-refractivity contribution is -0.126. The molecule has 2 aliphatic rings. The van der Waals surface area contributed by atoms with Crippen LogP contribution in [0.1, 0.15) is 6.42 Å². The normalized spacial score (nSPS) is 20.2. The van der Waals surface area contributed by atoms with Gasteiger partial charge in [-0.1, -0.05) is 36.4 Å². The van der Waals surface area contributed by atoms with Crippen LogP contribution in [0.2, 0.25) is 0 Å². The molecule has 6 nitrogen and oxygen atoms in total. The summed E-state index contributed by atoms with van der Waals surface area (Å²) in [5, 5.41) is 8.50. The molecule has 0 aromatic heterocycles. The van der Waals surface area contributed by atoms with Crippen molar-refractivity contribution >= 4 is 40.7 Å². The molecule has 28 heavy (non-hydrogen) atoms. The fourth-order valence-corrected chi connectivity index (χ4v) is 3.98. The Balaban J connectivity index is 0.00000225. The molecule has 2 aromatic carbocycles. The number of hydrogen-bond acceptors (Lipinski definition) is 4. The summed E-state index contributed by atoms with van der Waals surface area (Å²) in [5.41, 5.74) is 0.897. The number of rotatable bonds is 5. The van der Waals surface area contributed by atoms with Gasteiger partial charge >= 0.3 is 0 Å². The topological polar surface area (TPSA) is 64.7 Å². The van der Waals surface area contributed by atoms with Crippen molar-refractivity contribution in [1.29, 1.82) is 0 Å². The van der Waals surface area contributed by atoms with E-state index in [1.807, 2.05) is 42.5 Å². The Labute approximate surface area is 171 Å². The number of anilines is 1. The van der Waals surface area contributed by atoms with Crippen molar-refractivity contribution in [2.24, 2.45) is 5.92 Å². The Hall–Kier alpha value is -2.15.